The van der Waals surface area contributed by atoms with Gasteiger partial charge in [0.1, 0.15) is 34.2 Å². The molecule has 1 aliphatic rings. The first kappa shape index (κ1) is 24.4. The Hall–Kier alpha value is -4.93. The summed E-state index contributed by atoms with van der Waals surface area (Å²) >= 11 is 0. The molecule has 39 heavy (non-hydrogen) atoms. The first-order chi connectivity index (χ1) is 19.0. The Kier molecular flexibility index (Phi) is 6.31. The Balaban J connectivity index is 1.25. The molecule has 1 amide bonds. The Labute approximate surface area is 222 Å². The van der Waals surface area contributed by atoms with Crippen LogP contribution in [0.2, 0.25) is 0 Å². The number of halogens is 1. The number of aromatic nitrogens is 6. The molecule has 10 nitrogen and oxygen atoms in total. The first-order valence-corrected chi connectivity index (χ1v) is 12.6. The minimum absolute atomic E-state index is 0.0353. The SMILES string of the molecule is CCOc1ccc(-c2nnc(C3CC(NC(=O)c4ccnc5cc(O)c[nH+]c45)C3)n2-c2ccccc2F)nc1. The van der Waals surface area contributed by atoms with Gasteiger partial charge in [0, 0.05) is 24.2 Å². The van der Waals surface area contributed by atoms with Crippen LogP contribution in [0.3, 0.4) is 0 Å². The number of carbonyl (C=O) groups excluding carboxylic acids is 1. The Morgan fingerprint density at radius 3 is 2.79 bits per heavy atom. The molecule has 0 saturated heterocycles. The van der Waals surface area contributed by atoms with E-state index in [1.54, 1.807) is 47.2 Å². The van der Waals surface area contributed by atoms with Crippen LogP contribution < -0.4 is 15.0 Å². The number of carbonyl (C=O) groups is 1. The number of hydrogen-bond acceptors (Lipinski definition) is 7. The highest BCUT2D eigenvalue weighted by molar-refractivity contribution is 6.03. The van der Waals surface area contributed by atoms with Crippen molar-refractivity contribution < 1.29 is 24.0 Å². The van der Waals surface area contributed by atoms with E-state index in [0.717, 1.165) is 0 Å². The van der Waals surface area contributed by atoms with Gasteiger partial charge >= 0.3 is 0 Å². The third-order valence-corrected chi connectivity index (χ3v) is 6.77. The van der Waals surface area contributed by atoms with Gasteiger partial charge in [-0.3, -0.25) is 9.36 Å². The fraction of sp³-hybridized carbons (Fsp3) is 0.214. The van der Waals surface area contributed by atoms with Crippen LogP contribution in [-0.2, 0) is 0 Å². The maximum absolute atomic E-state index is 15.0. The number of nitrogens with zero attached hydrogens (tertiary/aromatic N) is 5. The van der Waals surface area contributed by atoms with Crippen molar-refractivity contribution in [3.63, 3.8) is 0 Å². The van der Waals surface area contributed by atoms with Gasteiger partial charge in [0.2, 0.25) is 11.7 Å². The maximum atomic E-state index is 15.0. The summed E-state index contributed by atoms with van der Waals surface area (Å²) < 4.78 is 22.2. The molecule has 1 fully saturated rings. The molecule has 0 unspecified atom stereocenters. The number of amides is 1. The van der Waals surface area contributed by atoms with Gasteiger partial charge in [-0.1, -0.05) is 12.1 Å². The maximum Gasteiger partial charge on any atom is 0.258 e. The molecule has 0 bridgehead atoms. The van der Waals surface area contributed by atoms with E-state index in [4.69, 9.17) is 4.74 Å². The molecule has 0 spiro atoms. The van der Waals surface area contributed by atoms with Gasteiger partial charge in [-0.05, 0) is 50.1 Å². The van der Waals surface area contributed by atoms with Crippen molar-refractivity contribution >= 4 is 16.9 Å². The van der Waals surface area contributed by atoms with Gasteiger partial charge in [-0.25, -0.2) is 19.3 Å². The Morgan fingerprint density at radius 1 is 1.18 bits per heavy atom. The molecule has 6 rings (SSSR count). The second kappa shape index (κ2) is 10.1. The van der Waals surface area contributed by atoms with Crippen LogP contribution in [0, 0.1) is 5.82 Å². The largest absolute Gasteiger partial charge is 0.503 e. The molecule has 3 N–H and O–H groups in total. The Bertz CT molecular complexity index is 1670. The molecule has 1 aliphatic carbocycles. The summed E-state index contributed by atoms with van der Waals surface area (Å²) in [7, 11) is 0. The lowest BCUT2D eigenvalue weighted by Gasteiger charge is -2.35. The average molecular weight is 527 g/mol. The van der Waals surface area contributed by atoms with E-state index in [0.29, 0.717) is 64.8 Å². The van der Waals surface area contributed by atoms with Crippen molar-refractivity contribution in [2.24, 2.45) is 0 Å². The van der Waals surface area contributed by atoms with Gasteiger partial charge in [0.25, 0.3) is 5.91 Å². The van der Waals surface area contributed by atoms with Crippen molar-refractivity contribution in [1.82, 2.24) is 30.0 Å². The summed E-state index contributed by atoms with van der Waals surface area (Å²) in [6.07, 6.45) is 5.77. The zero-order valence-electron chi connectivity index (χ0n) is 21.0. The number of rotatable bonds is 7. The lowest BCUT2D eigenvalue weighted by molar-refractivity contribution is -0.346. The van der Waals surface area contributed by atoms with Crippen LogP contribution >= 0.6 is 0 Å². The molecule has 196 valence electrons. The molecule has 1 saturated carbocycles. The zero-order chi connectivity index (χ0) is 26.9. The number of benzene rings is 1. The predicted octanol–water partition coefficient (Wildman–Crippen LogP) is 3.61. The second-order valence-electron chi connectivity index (χ2n) is 9.30. The molecule has 0 radical (unpaired) electrons. The molecule has 4 heterocycles. The van der Waals surface area contributed by atoms with Crippen LogP contribution in [0.1, 0.15) is 41.9 Å². The average Bonchev–Trinajstić information content (AvgIpc) is 3.35. The van der Waals surface area contributed by atoms with Crippen LogP contribution in [0.25, 0.3) is 28.2 Å². The summed E-state index contributed by atoms with van der Waals surface area (Å²) in [4.78, 5) is 24.7. The lowest BCUT2D eigenvalue weighted by Crippen LogP contribution is -2.44. The van der Waals surface area contributed by atoms with E-state index in [-0.39, 0.29) is 23.6 Å². The van der Waals surface area contributed by atoms with E-state index in [1.165, 1.54) is 24.5 Å². The van der Waals surface area contributed by atoms with Crippen LogP contribution in [0.4, 0.5) is 4.39 Å². The number of fused-ring (bicyclic) bond motifs is 1. The molecule has 0 atom stereocenters. The van der Waals surface area contributed by atoms with E-state index in [1.807, 2.05) is 6.92 Å². The number of H-pyrrole nitrogens is 1. The minimum atomic E-state index is -0.401. The third-order valence-electron chi connectivity index (χ3n) is 6.77. The summed E-state index contributed by atoms with van der Waals surface area (Å²) in [6, 6.07) is 13.1. The third kappa shape index (κ3) is 4.63. The highest BCUT2D eigenvalue weighted by atomic mass is 19.1. The number of aromatic amines is 1. The fourth-order valence-corrected chi connectivity index (χ4v) is 4.83. The monoisotopic (exact) mass is 526 g/mol. The molecule has 11 heteroatoms. The van der Waals surface area contributed by atoms with E-state index in [9.17, 15) is 14.3 Å². The quantitative estimate of drug-likeness (QED) is 0.331. The van der Waals surface area contributed by atoms with Crippen LogP contribution in [0.15, 0.2) is 67.1 Å². The number of nitrogens with one attached hydrogen (secondary N) is 2. The highest BCUT2D eigenvalue weighted by Crippen LogP contribution is 2.39. The van der Waals surface area contributed by atoms with Gasteiger partial charge in [-0.15, -0.1) is 10.2 Å². The molecular weight excluding hydrogens is 501 g/mol. The van der Waals surface area contributed by atoms with Crippen molar-refractivity contribution in [2.75, 3.05) is 6.61 Å². The molecule has 4 aromatic heterocycles. The van der Waals surface area contributed by atoms with Gasteiger partial charge in [0.15, 0.2) is 11.6 Å². The fourth-order valence-electron chi connectivity index (χ4n) is 4.83. The number of pyridine rings is 3. The standard InChI is InChI=1S/C28H24FN7O3/c1-2-39-19-7-8-22(31-15-19)27-35-34-26(36(27)24-6-4-3-5-21(24)29)16-11-17(12-16)33-28(38)20-9-10-30-23-13-18(37)14-32-25(20)23/h3-10,13-17,37H,2,11-12H2,1H3,(H,33,38)/p+1. The Morgan fingerprint density at radius 2 is 2.03 bits per heavy atom. The molecule has 5 aromatic rings. The topological polar surface area (TPSA) is 129 Å². The molecule has 0 aliphatic heterocycles. The van der Waals surface area contributed by atoms with Gasteiger partial charge in [-0.2, -0.15) is 0 Å². The summed E-state index contributed by atoms with van der Waals surface area (Å²) in [5.41, 5.74) is 2.33. The smallest absolute Gasteiger partial charge is 0.258 e. The normalized spacial score (nSPS) is 16.6. The minimum Gasteiger partial charge on any atom is -0.503 e. The number of para-hydroxylation sites is 1. The molecule has 1 aromatic carbocycles. The van der Waals surface area contributed by atoms with Crippen LogP contribution in [-0.4, -0.2) is 48.4 Å². The highest BCUT2D eigenvalue weighted by Gasteiger charge is 2.37. The van der Waals surface area contributed by atoms with Crippen molar-refractivity contribution in [3.05, 3.63) is 84.3 Å². The van der Waals surface area contributed by atoms with E-state index < -0.39 is 5.82 Å². The number of ether oxygens (including phenoxy) is 1. The van der Waals surface area contributed by atoms with E-state index in [2.05, 4.69) is 30.5 Å². The van der Waals surface area contributed by atoms with Gasteiger partial charge in [0.05, 0.1) is 18.5 Å². The van der Waals surface area contributed by atoms with Gasteiger partial charge < -0.3 is 15.2 Å². The predicted molar refractivity (Wildman–Crippen MR) is 139 cm³/mol. The summed E-state index contributed by atoms with van der Waals surface area (Å²) in [6.45, 7) is 2.42. The van der Waals surface area contributed by atoms with Crippen molar-refractivity contribution in [2.45, 2.75) is 31.7 Å². The number of hydrogen-bond donors (Lipinski definition) is 2. The lowest BCUT2D eigenvalue weighted by atomic mass is 9.79. The van der Waals surface area contributed by atoms with E-state index >= 15 is 0 Å². The summed E-state index contributed by atoms with van der Waals surface area (Å²) in [5, 5.41) is 21.6. The zero-order valence-corrected chi connectivity index (χ0v) is 21.0. The van der Waals surface area contributed by atoms with Crippen LogP contribution in [0.5, 0.6) is 11.5 Å². The van der Waals surface area contributed by atoms with Crippen molar-refractivity contribution in [3.8, 4) is 28.7 Å². The second-order valence-corrected chi connectivity index (χ2v) is 9.30. The summed E-state index contributed by atoms with van der Waals surface area (Å²) in [5.74, 6) is 1.00. The first-order valence-electron chi connectivity index (χ1n) is 12.6. The number of aromatic hydroxyl groups is 1. The molecular formula is C28H25FN7O3+. The van der Waals surface area contributed by atoms with Crippen molar-refractivity contribution in [1.29, 1.82) is 0 Å².